The lowest BCUT2D eigenvalue weighted by molar-refractivity contribution is -0.0267. The fourth-order valence-corrected chi connectivity index (χ4v) is 5.55. The summed E-state index contributed by atoms with van der Waals surface area (Å²) in [7, 11) is 0. The van der Waals surface area contributed by atoms with Gasteiger partial charge in [0.1, 0.15) is 0 Å². The second-order valence-corrected chi connectivity index (χ2v) is 9.04. The molecular formula is C23H37N3O2. The summed E-state index contributed by atoms with van der Waals surface area (Å²) in [5.41, 5.74) is 1.62. The van der Waals surface area contributed by atoms with Gasteiger partial charge in [0.25, 0.3) is 0 Å². The van der Waals surface area contributed by atoms with Gasteiger partial charge in [0.05, 0.1) is 13.2 Å². The zero-order valence-corrected chi connectivity index (χ0v) is 17.5. The summed E-state index contributed by atoms with van der Waals surface area (Å²) in [6.07, 6.45) is 10.0. The average Bonchev–Trinajstić information content (AvgIpc) is 3.08. The van der Waals surface area contributed by atoms with Gasteiger partial charge in [-0.25, -0.2) is 0 Å². The van der Waals surface area contributed by atoms with Gasteiger partial charge >= 0.3 is 0 Å². The lowest BCUT2D eigenvalue weighted by Gasteiger charge is -2.39. The predicted octanol–water partition coefficient (Wildman–Crippen LogP) is 3.20. The van der Waals surface area contributed by atoms with Crippen molar-refractivity contribution in [3.05, 3.63) is 30.1 Å². The fourth-order valence-electron chi connectivity index (χ4n) is 5.55. The van der Waals surface area contributed by atoms with Crippen LogP contribution >= 0.6 is 0 Å². The number of piperidine rings is 1. The Morgan fingerprint density at radius 1 is 1.18 bits per heavy atom. The van der Waals surface area contributed by atoms with Crippen molar-refractivity contribution in [2.24, 2.45) is 11.3 Å². The van der Waals surface area contributed by atoms with E-state index in [1.165, 1.54) is 70.4 Å². The van der Waals surface area contributed by atoms with Gasteiger partial charge in [-0.05, 0) is 74.8 Å². The molecule has 0 aliphatic carbocycles. The average molecular weight is 388 g/mol. The van der Waals surface area contributed by atoms with E-state index in [1.54, 1.807) is 0 Å². The van der Waals surface area contributed by atoms with Crippen molar-refractivity contribution in [2.75, 3.05) is 52.5 Å². The molecular weight excluding hydrogens is 350 g/mol. The minimum absolute atomic E-state index is 0.400. The molecule has 3 aliphatic heterocycles. The van der Waals surface area contributed by atoms with Crippen molar-refractivity contribution < 1.29 is 9.47 Å². The highest BCUT2D eigenvalue weighted by atomic mass is 16.5. The lowest BCUT2D eigenvalue weighted by atomic mass is 9.72. The second-order valence-electron chi connectivity index (χ2n) is 9.04. The maximum absolute atomic E-state index is 6.21. The summed E-state index contributed by atoms with van der Waals surface area (Å²) >= 11 is 0. The summed E-state index contributed by atoms with van der Waals surface area (Å²) < 4.78 is 11.9. The molecule has 1 unspecified atom stereocenters. The zero-order valence-electron chi connectivity index (χ0n) is 17.5. The van der Waals surface area contributed by atoms with Crippen LogP contribution in [0.1, 0.15) is 44.6 Å². The van der Waals surface area contributed by atoms with E-state index in [-0.39, 0.29) is 0 Å². The molecule has 0 radical (unpaired) electrons. The minimum Gasteiger partial charge on any atom is -0.381 e. The number of ether oxygens (including phenoxy) is 2. The van der Waals surface area contributed by atoms with Crippen LogP contribution in [0.25, 0.3) is 0 Å². The predicted molar refractivity (Wildman–Crippen MR) is 111 cm³/mol. The van der Waals surface area contributed by atoms with Gasteiger partial charge in [0, 0.05) is 50.7 Å². The maximum atomic E-state index is 6.21. The normalized spacial score (nSPS) is 26.8. The third-order valence-electron chi connectivity index (χ3n) is 7.28. The van der Waals surface area contributed by atoms with Crippen LogP contribution in [0.5, 0.6) is 0 Å². The van der Waals surface area contributed by atoms with Gasteiger partial charge in [0.2, 0.25) is 0 Å². The molecule has 1 atom stereocenters. The van der Waals surface area contributed by atoms with Crippen LogP contribution < -0.4 is 0 Å². The number of likely N-dealkylation sites (tertiary alicyclic amines) is 2. The first kappa shape index (κ1) is 20.3. The van der Waals surface area contributed by atoms with Gasteiger partial charge in [-0.1, -0.05) is 6.92 Å². The second kappa shape index (κ2) is 9.66. The van der Waals surface area contributed by atoms with Gasteiger partial charge in [-0.2, -0.15) is 0 Å². The molecule has 1 aromatic heterocycles. The smallest absolute Gasteiger partial charge is 0.0718 e. The first-order chi connectivity index (χ1) is 13.8. The SMILES string of the molecule is CCCN1CCC(N2CC(COCc3ccncc3)C3(CCOCC3)C2)CC1. The van der Waals surface area contributed by atoms with E-state index in [0.29, 0.717) is 17.9 Å². The molecule has 3 fully saturated rings. The van der Waals surface area contributed by atoms with Gasteiger partial charge in [-0.15, -0.1) is 0 Å². The Hall–Kier alpha value is -1.01. The molecule has 0 bridgehead atoms. The summed E-state index contributed by atoms with van der Waals surface area (Å²) in [5.74, 6) is 0.631. The van der Waals surface area contributed by atoms with Crippen molar-refractivity contribution in [3.8, 4) is 0 Å². The molecule has 3 aliphatic rings. The number of aromatic nitrogens is 1. The number of nitrogens with zero attached hydrogens (tertiary/aromatic N) is 3. The molecule has 0 N–H and O–H groups in total. The maximum Gasteiger partial charge on any atom is 0.0718 e. The van der Waals surface area contributed by atoms with Gasteiger partial charge in [-0.3, -0.25) is 9.88 Å². The van der Waals surface area contributed by atoms with Crippen LogP contribution in [-0.2, 0) is 16.1 Å². The molecule has 1 aromatic rings. The van der Waals surface area contributed by atoms with E-state index in [9.17, 15) is 0 Å². The van der Waals surface area contributed by atoms with Crippen LogP contribution in [0.4, 0.5) is 0 Å². The van der Waals surface area contributed by atoms with Crippen LogP contribution in [0.15, 0.2) is 24.5 Å². The Kier molecular flexibility index (Phi) is 6.99. The zero-order chi connectivity index (χ0) is 19.2. The molecule has 0 amide bonds. The van der Waals surface area contributed by atoms with Crippen LogP contribution in [0, 0.1) is 11.3 Å². The molecule has 0 aromatic carbocycles. The standard InChI is InChI=1S/C23H37N3O2/c1-2-11-25-12-5-22(6-13-25)26-16-21(23(19-26)7-14-27-15-8-23)18-28-17-20-3-9-24-10-4-20/h3-4,9-10,21-22H,2,5-8,11-19H2,1H3. The lowest BCUT2D eigenvalue weighted by Crippen LogP contribution is -2.45. The van der Waals surface area contributed by atoms with Crippen molar-refractivity contribution in [1.82, 2.24) is 14.8 Å². The molecule has 5 nitrogen and oxygen atoms in total. The largest absolute Gasteiger partial charge is 0.381 e. The topological polar surface area (TPSA) is 37.8 Å². The number of pyridine rings is 1. The minimum atomic E-state index is 0.400. The van der Waals surface area contributed by atoms with Crippen molar-refractivity contribution in [3.63, 3.8) is 0 Å². The van der Waals surface area contributed by atoms with Crippen molar-refractivity contribution in [2.45, 2.75) is 51.7 Å². The third kappa shape index (κ3) is 4.76. The molecule has 1 spiro atoms. The summed E-state index contributed by atoms with van der Waals surface area (Å²) in [4.78, 5) is 9.56. The van der Waals surface area contributed by atoms with Crippen molar-refractivity contribution >= 4 is 0 Å². The Labute approximate surface area is 170 Å². The Bertz CT molecular complexity index is 583. The first-order valence-electron chi connectivity index (χ1n) is 11.3. The molecule has 156 valence electrons. The summed E-state index contributed by atoms with van der Waals surface area (Å²) in [5, 5.41) is 0. The number of hydrogen-bond donors (Lipinski definition) is 0. The summed E-state index contributed by atoms with van der Waals surface area (Å²) in [6.45, 7) is 12.0. The van der Waals surface area contributed by atoms with E-state index in [0.717, 1.165) is 25.9 Å². The molecule has 4 rings (SSSR count). The highest BCUT2D eigenvalue weighted by Gasteiger charge is 2.48. The summed E-state index contributed by atoms with van der Waals surface area (Å²) in [6, 6.07) is 4.86. The van der Waals surface area contributed by atoms with Crippen molar-refractivity contribution in [1.29, 1.82) is 0 Å². The van der Waals surface area contributed by atoms with Gasteiger partial charge in [0.15, 0.2) is 0 Å². The van der Waals surface area contributed by atoms with E-state index in [4.69, 9.17) is 9.47 Å². The fraction of sp³-hybridized carbons (Fsp3) is 0.783. The monoisotopic (exact) mass is 387 g/mol. The van der Waals surface area contributed by atoms with Crippen LogP contribution in [0.3, 0.4) is 0 Å². The van der Waals surface area contributed by atoms with E-state index in [1.807, 2.05) is 12.4 Å². The number of rotatable bonds is 7. The number of hydrogen-bond acceptors (Lipinski definition) is 5. The van der Waals surface area contributed by atoms with E-state index in [2.05, 4.69) is 33.8 Å². The highest BCUT2D eigenvalue weighted by molar-refractivity contribution is 5.08. The van der Waals surface area contributed by atoms with E-state index >= 15 is 0 Å². The first-order valence-corrected chi connectivity index (χ1v) is 11.3. The van der Waals surface area contributed by atoms with Crippen LogP contribution in [0.2, 0.25) is 0 Å². The Morgan fingerprint density at radius 2 is 1.93 bits per heavy atom. The molecule has 3 saturated heterocycles. The molecule has 28 heavy (non-hydrogen) atoms. The highest BCUT2D eigenvalue weighted by Crippen LogP contribution is 2.45. The Morgan fingerprint density at radius 3 is 2.64 bits per heavy atom. The van der Waals surface area contributed by atoms with Crippen LogP contribution in [-0.4, -0.2) is 73.4 Å². The molecule has 4 heterocycles. The Balaban J connectivity index is 1.34. The van der Waals surface area contributed by atoms with Gasteiger partial charge < -0.3 is 14.4 Å². The molecule has 5 heteroatoms. The van der Waals surface area contributed by atoms with E-state index < -0.39 is 0 Å². The third-order valence-corrected chi connectivity index (χ3v) is 7.28. The molecule has 0 saturated carbocycles. The quantitative estimate of drug-likeness (QED) is 0.718.